The largest absolute Gasteiger partial charge is 0.293 e. The molecule has 5 nitrogen and oxygen atoms in total. The topological polar surface area (TPSA) is 60.7 Å². The molecule has 0 aliphatic heterocycles. The van der Waals surface area contributed by atoms with Crippen molar-refractivity contribution in [1.82, 2.24) is 20.2 Å². The third kappa shape index (κ3) is 3.65. The molecule has 0 saturated heterocycles. The third-order valence-electron chi connectivity index (χ3n) is 3.43. The second-order valence-electron chi connectivity index (χ2n) is 5.29. The van der Waals surface area contributed by atoms with Crippen LogP contribution in [-0.4, -0.2) is 31.7 Å². The first-order valence-electron chi connectivity index (χ1n) is 7.21. The number of carbonyl (C=O) groups is 1. The summed E-state index contributed by atoms with van der Waals surface area (Å²) in [5.74, 6) is 0.364. The van der Waals surface area contributed by atoms with E-state index in [2.05, 4.69) is 15.5 Å². The van der Waals surface area contributed by atoms with E-state index in [9.17, 15) is 4.79 Å². The molecular weight excluding hydrogens is 308 g/mol. The number of hydrogen-bond donors (Lipinski definition) is 0. The van der Waals surface area contributed by atoms with Crippen LogP contribution >= 0.6 is 11.8 Å². The Hall–Kier alpha value is -2.47. The van der Waals surface area contributed by atoms with Gasteiger partial charge in [0.2, 0.25) is 5.16 Å². The number of hydrogen-bond acceptors (Lipinski definition) is 5. The van der Waals surface area contributed by atoms with Crippen molar-refractivity contribution in [3.05, 3.63) is 65.2 Å². The lowest BCUT2D eigenvalue weighted by Crippen LogP contribution is -2.05. The normalized spacial score (nSPS) is 10.7. The molecule has 1 heterocycles. The molecule has 0 spiro atoms. The molecule has 1 aromatic heterocycles. The maximum Gasteiger partial charge on any atom is 0.214 e. The van der Waals surface area contributed by atoms with Crippen LogP contribution in [0.2, 0.25) is 0 Å². The Kier molecular flexibility index (Phi) is 4.52. The number of rotatable bonds is 5. The molecule has 0 aliphatic rings. The van der Waals surface area contributed by atoms with Crippen LogP contribution in [0.25, 0.3) is 5.69 Å². The van der Waals surface area contributed by atoms with Gasteiger partial charge in [-0.3, -0.25) is 4.79 Å². The summed E-state index contributed by atoms with van der Waals surface area (Å²) in [6.07, 6.45) is 0. The molecule has 23 heavy (non-hydrogen) atoms. The van der Waals surface area contributed by atoms with Crippen LogP contribution < -0.4 is 0 Å². The number of thioether (sulfide) groups is 1. The molecule has 0 radical (unpaired) electrons. The highest BCUT2D eigenvalue weighted by molar-refractivity contribution is 7.99. The van der Waals surface area contributed by atoms with Gasteiger partial charge in [0.1, 0.15) is 0 Å². The summed E-state index contributed by atoms with van der Waals surface area (Å²) in [6, 6.07) is 15.5. The minimum atomic E-state index is 0.0634. The van der Waals surface area contributed by atoms with Crippen LogP contribution in [-0.2, 0) is 0 Å². The molecule has 0 unspecified atom stereocenters. The average molecular weight is 324 g/mol. The van der Waals surface area contributed by atoms with E-state index in [-0.39, 0.29) is 5.78 Å². The first-order valence-corrected chi connectivity index (χ1v) is 8.20. The third-order valence-corrected chi connectivity index (χ3v) is 4.34. The van der Waals surface area contributed by atoms with Gasteiger partial charge in [0.05, 0.1) is 11.4 Å². The Morgan fingerprint density at radius 1 is 1.00 bits per heavy atom. The Morgan fingerprint density at radius 3 is 2.26 bits per heavy atom. The van der Waals surface area contributed by atoms with Gasteiger partial charge in [0, 0.05) is 5.56 Å². The van der Waals surface area contributed by atoms with E-state index in [4.69, 9.17) is 0 Å². The summed E-state index contributed by atoms with van der Waals surface area (Å²) in [4.78, 5) is 12.2. The summed E-state index contributed by atoms with van der Waals surface area (Å²) in [6.45, 7) is 4.03. The van der Waals surface area contributed by atoms with Crippen LogP contribution in [0, 0.1) is 13.8 Å². The monoisotopic (exact) mass is 324 g/mol. The van der Waals surface area contributed by atoms with Gasteiger partial charge in [-0.2, -0.15) is 4.68 Å². The van der Waals surface area contributed by atoms with E-state index < -0.39 is 0 Å². The van der Waals surface area contributed by atoms with E-state index in [0.29, 0.717) is 16.5 Å². The first kappa shape index (κ1) is 15.4. The number of ketones is 1. The minimum Gasteiger partial charge on any atom is -0.293 e. The predicted molar refractivity (Wildman–Crippen MR) is 90.1 cm³/mol. The number of carbonyl (C=O) groups excluding carboxylic acids is 1. The van der Waals surface area contributed by atoms with Gasteiger partial charge >= 0.3 is 0 Å². The smallest absolute Gasteiger partial charge is 0.214 e. The predicted octanol–water partition coefficient (Wildman–Crippen LogP) is 3.25. The molecule has 0 fully saturated rings. The lowest BCUT2D eigenvalue weighted by atomic mass is 10.1. The lowest BCUT2D eigenvalue weighted by molar-refractivity contribution is 0.102. The zero-order valence-corrected chi connectivity index (χ0v) is 13.7. The fourth-order valence-electron chi connectivity index (χ4n) is 2.07. The van der Waals surface area contributed by atoms with E-state index >= 15 is 0 Å². The number of benzene rings is 2. The molecule has 3 rings (SSSR count). The molecule has 2 aromatic carbocycles. The first-order chi connectivity index (χ1) is 11.1. The van der Waals surface area contributed by atoms with Crippen molar-refractivity contribution in [3.8, 4) is 5.69 Å². The van der Waals surface area contributed by atoms with Crippen molar-refractivity contribution >= 4 is 17.5 Å². The Morgan fingerprint density at radius 2 is 1.61 bits per heavy atom. The molecule has 0 aliphatic carbocycles. The highest BCUT2D eigenvalue weighted by Gasteiger charge is 2.12. The molecule has 0 saturated carbocycles. The molecule has 0 bridgehead atoms. The highest BCUT2D eigenvalue weighted by Crippen LogP contribution is 2.19. The fraction of sp³-hybridized carbons (Fsp3) is 0.176. The van der Waals surface area contributed by atoms with Gasteiger partial charge in [-0.25, -0.2) is 0 Å². The van der Waals surface area contributed by atoms with Crippen molar-refractivity contribution in [1.29, 1.82) is 0 Å². The van der Waals surface area contributed by atoms with Crippen LogP contribution in [0.15, 0.2) is 53.7 Å². The SMILES string of the molecule is Cc1ccc(C(=O)CSc2nnnn2-c2ccc(C)cc2)cc1. The van der Waals surface area contributed by atoms with Crippen LogP contribution in [0.5, 0.6) is 0 Å². The quantitative estimate of drug-likeness (QED) is 0.532. The number of Topliss-reactive ketones (excluding diaryl/α,β-unsaturated/α-hetero) is 1. The lowest BCUT2D eigenvalue weighted by Gasteiger charge is -2.04. The number of tetrazole rings is 1. The minimum absolute atomic E-state index is 0.0634. The average Bonchev–Trinajstić information content (AvgIpc) is 3.02. The summed E-state index contributed by atoms with van der Waals surface area (Å²) >= 11 is 1.34. The van der Waals surface area contributed by atoms with Gasteiger partial charge in [-0.15, -0.1) is 5.10 Å². The summed E-state index contributed by atoms with van der Waals surface area (Å²) in [5, 5.41) is 12.3. The fourth-order valence-corrected chi connectivity index (χ4v) is 2.86. The molecule has 3 aromatic rings. The Labute approximate surface area is 138 Å². The van der Waals surface area contributed by atoms with Crippen LogP contribution in [0.3, 0.4) is 0 Å². The van der Waals surface area contributed by atoms with Crippen molar-refractivity contribution < 1.29 is 4.79 Å². The van der Waals surface area contributed by atoms with Gasteiger partial charge in [0.25, 0.3) is 0 Å². The van der Waals surface area contributed by atoms with E-state index in [1.54, 1.807) is 4.68 Å². The van der Waals surface area contributed by atoms with Gasteiger partial charge in [-0.1, -0.05) is 59.3 Å². The highest BCUT2D eigenvalue weighted by atomic mass is 32.2. The van der Waals surface area contributed by atoms with Crippen molar-refractivity contribution in [3.63, 3.8) is 0 Å². The van der Waals surface area contributed by atoms with E-state index in [1.165, 1.54) is 17.3 Å². The molecule has 0 atom stereocenters. The maximum absolute atomic E-state index is 12.2. The summed E-state index contributed by atoms with van der Waals surface area (Å²) < 4.78 is 1.65. The summed E-state index contributed by atoms with van der Waals surface area (Å²) in [5.41, 5.74) is 3.89. The number of aryl methyl sites for hydroxylation is 2. The standard InChI is InChI=1S/C17H16N4OS/c1-12-3-7-14(8-4-12)16(22)11-23-17-18-19-20-21(17)15-9-5-13(2)6-10-15/h3-10H,11H2,1-2H3. The zero-order valence-electron chi connectivity index (χ0n) is 12.9. The van der Waals surface area contributed by atoms with Crippen LogP contribution in [0.4, 0.5) is 0 Å². The second-order valence-corrected chi connectivity index (χ2v) is 6.23. The Bertz CT molecular complexity index is 809. The van der Waals surface area contributed by atoms with Gasteiger partial charge in [-0.05, 0) is 36.4 Å². The molecular formula is C17H16N4OS. The van der Waals surface area contributed by atoms with Crippen LogP contribution in [0.1, 0.15) is 21.5 Å². The maximum atomic E-state index is 12.2. The zero-order chi connectivity index (χ0) is 16.2. The molecule has 116 valence electrons. The van der Waals surface area contributed by atoms with Crippen molar-refractivity contribution in [2.24, 2.45) is 0 Å². The van der Waals surface area contributed by atoms with Crippen molar-refractivity contribution in [2.75, 3.05) is 5.75 Å². The Balaban J connectivity index is 1.72. The van der Waals surface area contributed by atoms with Gasteiger partial charge < -0.3 is 0 Å². The molecule has 0 amide bonds. The summed E-state index contributed by atoms with van der Waals surface area (Å²) in [7, 11) is 0. The molecule has 6 heteroatoms. The van der Waals surface area contributed by atoms with Crippen molar-refractivity contribution in [2.45, 2.75) is 19.0 Å². The second kappa shape index (κ2) is 6.75. The van der Waals surface area contributed by atoms with Gasteiger partial charge in [0.15, 0.2) is 5.78 Å². The number of aromatic nitrogens is 4. The van der Waals surface area contributed by atoms with E-state index in [0.717, 1.165) is 11.3 Å². The molecule has 0 N–H and O–H groups in total. The number of nitrogens with zero attached hydrogens (tertiary/aromatic N) is 4. The van der Waals surface area contributed by atoms with E-state index in [1.807, 2.05) is 62.4 Å².